The molecule has 16 heavy (non-hydrogen) atoms. The van der Waals surface area contributed by atoms with E-state index in [4.69, 9.17) is 10.5 Å². The van der Waals surface area contributed by atoms with Crippen LogP contribution in [0.15, 0.2) is 0 Å². The third-order valence-electron chi connectivity index (χ3n) is 3.04. The SMILES string of the molecule is C[C@H]1CN(C(=O)OC(C)(C)C)CC[C@@H]1CN. The van der Waals surface area contributed by atoms with Crippen LogP contribution in [0.1, 0.15) is 34.1 Å². The van der Waals surface area contributed by atoms with Crippen LogP contribution in [0.4, 0.5) is 4.79 Å². The van der Waals surface area contributed by atoms with Crippen molar-refractivity contribution in [3.63, 3.8) is 0 Å². The fraction of sp³-hybridized carbons (Fsp3) is 0.917. The normalized spacial score (nSPS) is 26.7. The van der Waals surface area contributed by atoms with Gasteiger partial charge in [0, 0.05) is 13.1 Å². The second-order valence-corrected chi connectivity index (χ2v) is 5.69. The van der Waals surface area contributed by atoms with Crippen molar-refractivity contribution in [2.24, 2.45) is 17.6 Å². The molecule has 0 aromatic carbocycles. The molecule has 1 fully saturated rings. The van der Waals surface area contributed by atoms with E-state index in [0.717, 1.165) is 19.5 Å². The second-order valence-electron chi connectivity index (χ2n) is 5.69. The summed E-state index contributed by atoms with van der Waals surface area (Å²) in [5.41, 5.74) is 5.27. The third kappa shape index (κ3) is 3.67. The maximum absolute atomic E-state index is 11.8. The number of piperidine rings is 1. The number of hydrogen-bond acceptors (Lipinski definition) is 3. The zero-order valence-corrected chi connectivity index (χ0v) is 10.8. The van der Waals surface area contributed by atoms with Gasteiger partial charge in [-0.1, -0.05) is 6.92 Å². The van der Waals surface area contributed by atoms with Crippen molar-refractivity contribution in [2.45, 2.75) is 39.7 Å². The number of nitrogens with two attached hydrogens (primary N) is 1. The van der Waals surface area contributed by atoms with Crippen LogP contribution in [0.25, 0.3) is 0 Å². The van der Waals surface area contributed by atoms with Gasteiger partial charge in [-0.05, 0) is 45.6 Å². The van der Waals surface area contributed by atoms with Gasteiger partial charge in [0.1, 0.15) is 5.60 Å². The lowest BCUT2D eigenvalue weighted by Gasteiger charge is -2.37. The van der Waals surface area contributed by atoms with Crippen LogP contribution < -0.4 is 5.73 Å². The quantitative estimate of drug-likeness (QED) is 0.745. The molecule has 0 saturated carbocycles. The van der Waals surface area contributed by atoms with Crippen molar-refractivity contribution in [3.05, 3.63) is 0 Å². The van der Waals surface area contributed by atoms with Crippen LogP contribution in [0.3, 0.4) is 0 Å². The Morgan fingerprint density at radius 1 is 1.50 bits per heavy atom. The first-order valence-corrected chi connectivity index (χ1v) is 6.01. The molecular weight excluding hydrogens is 204 g/mol. The van der Waals surface area contributed by atoms with Gasteiger partial charge in [0.15, 0.2) is 0 Å². The van der Waals surface area contributed by atoms with E-state index in [0.29, 0.717) is 18.4 Å². The Hall–Kier alpha value is -0.770. The minimum Gasteiger partial charge on any atom is -0.444 e. The zero-order chi connectivity index (χ0) is 12.3. The van der Waals surface area contributed by atoms with Gasteiger partial charge in [-0.3, -0.25) is 0 Å². The van der Waals surface area contributed by atoms with Crippen LogP contribution in [-0.4, -0.2) is 36.2 Å². The standard InChI is InChI=1S/C12H24N2O2/c1-9-8-14(6-5-10(9)7-13)11(15)16-12(2,3)4/h9-10H,5-8,13H2,1-4H3/t9-,10+/m0/s1. The van der Waals surface area contributed by atoms with Crippen LogP contribution in [0.5, 0.6) is 0 Å². The van der Waals surface area contributed by atoms with Gasteiger partial charge in [0.05, 0.1) is 0 Å². The maximum atomic E-state index is 11.8. The van der Waals surface area contributed by atoms with Crippen molar-refractivity contribution in [1.29, 1.82) is 0 Å². The summed E-state index contributed by atoms with van der Waals surface area (Å²) in [5.74, 6) is 1.00. The second kappa shape index (κ2) is 5.04. The monoisotopic (exact) mass is 228 g/mol. The summed E-state index contributed by atoms with van der Waals surface area (Å²) < 4.78 is 5.35. The molecule has 2 N–H and O–H groups in total. The van der Waals surface area contributed by atoms with Crippen LogP contribution >= 0.6 is 0 Å². The topological polar surface area (TPSA) is 55.6 Å². The van der Waals surface area contributed by atoms with E-state index in [1.807, 2.05) is 20.8 Å². The molecule has 1 saturated heterocycles. The van der Waals surface area contributed by atoms with Gasteiger partial charge >= 0.3 is 6.09 Å². The highest BCUT2D eigenvalue weighted by atomic mass is 16.6. The lowest BCUT2D eigenvalue weighted by atomic mass is 9.87. The van der Waals surface area contributed by atoms with Crippen LogP contribution in [0.2, 0.25) is 0 Å². The molecule has 1 aliphatic heterocycles. The Morgan fingerprint density at radius 3 is 2.56 bits per heavy atom. The fourth-order valence-electron chi connectivity index (χ4n) is 2.04. The molecule has 0 aromatic heterocycles. The Balaban J connectivity index is 2.48. The molecular formula is C12H24N2O2. The van der Waals surface area contributed by atoms with Crippen molar-refractivity contribution < 1.29 is 9.53 Å². The highest BCUT2D eigenvalue weighted by Crippen LogP contribution is 2.23. The Kier molecular flexibility index (Phi) is 4.19. The summed E-state index contributed by atoms with van der Waals surface area (Å²) in [6.07, 6.45) is 0.784. The van der Waals surface area contributed by atoms with Gasteiger partial charge in [-0.15, -0.1) is 0 Å². The lowest BCUT2D eigenvalue weighted by Crippen LogP contribution is -2.46. The smallest absolute Gasteiger partial charge is 0.410 e. The van der Waals surface area contributed by atoms with Crippen molar-refractivity contribution in [2.75, 3.05) is 19.6 Å². The van der Waals surface area contributed by atoms with Crippen molar-refractivity contribution in [3.8, 4) is 0 Å². The Bertz CT molecular complexity index is 248. The van der Waals surface area contributed by atoms with E-state index >= 15 is 0 Å². The number of carbonyl (C=O) groups is 1. The Labute approximate surface area is 98.1 Å². The molecule has 1 heterocycles. The van der Waals surface area contributed by atoms with Gasteiger partial charge < -0.3 is 15.4 Å². The summed E-state index contributed by atoms with van der Waals surface area (Å²) in [6.45, 7) is 10.1. The molecule has 2 atom stereocenters. The first-order valence-electron chi connectivity index (χ1n) is 6.01. The first kappa shape index (κ1) is 13.3. The van der Waals surface area contributed by atoms with E-state index in [-0.39, 0.29) is 6.09 Å². The summed E-state index contributed by atoms with van der Waals surface area (Å²) in [4.78, 5) is 13.6. The highest BCUT2D eigenvalue weighted by molar-refractivity contribution is 5.68. The van der Waals surface area contributed by atoms with E-state index in [1.165, 1.54) is 0 Å². The molecule has 4 heteroatoms. The summed E-state index contributed by atoms with van der Waals surface area (Å²) in [6, 6.07) is 0. The molecule has 0 spiro atoms. The molecule has 0 unspecified atom stereocenters. The summed E-state index contributed by atoms with van der Waals surface area (Å²) in [5, 5.41) is 0. The van der Waals surface area contributed by atoms with E-state index < -0.39 is 5.60 Å². The Morgan fingerprint density at radius 2 is 2.12 bits per heavy atom. The number of likely N-dealkylation sites (tertiary alicyclic amines) is 1. The molecule has 0 radical (unpaired) electrons. The number of ether oxygens (including phenoxy) is 1. The summed E-state index contributed by atoms with van der Waals surface area (Å²) in [7, 11) is 0. The number of rotatable bonds is 1. The summed E-state index contributed by atoms with van der Waals surface area (Å²) >= 11 is 0. The number of amides is 1. The molecule has 0 bridgehead atoms. The van der Waals surface area contributed by atoms with Crippen molar-refractivity contribution >= 4 is 6.09 Å². The van der Waals surface area contributed by atoms with Gasteiger partial charge in [-0.2, -0.15) is 0 Å². The van der Waals surface area contributed by atoms with Crippen LogP contribution in [0, 0.1) is 11.8 Å². The van der Waals surface area contributed by atoms with E-state index in [9.17, 15) is 4.79 Å². The maximum Gasteiger partial charge on any atom is 0.410 e. The van der Waals surface area contributed by atoms with Crippen molar-refractivity contribution in [1.82, 2.24) is 4.90 Å². The minimum atomic E-state index is -0.412. The molecule has 0 aromatic rings. The van der Waals surface area contributed by atoms with Crippen LogP contribution in [-0.2, 0) is 4.74 Å². The minimum absolute atomic E-state index is 0.199. The van der Waals surface area contributed by atoms with Gasteiger partial charge in [0.25, 0.3) is 0 Å². The molecule has 0 aliphatic carbocycles. The zero-order valence-electron chi connectivity index (χ0n) is 10.8. The predicted octanol–water partition coefficient (Wildman–Crippen LogP) is 1.84. The number of hydrogen-bond donors (Lipinski definition) is 1. The predicted molar refractivity (Wildman–Crippen MR) is 64.1 cm³/mol. The lowest BCUT2D eigenvalue weighted by molar-refractivity contribution is 0.0122. The van der Waals surface area contributed by atoms with Gasteiger partial charge in [-0.25, -0.2) is 4.79 Å². The number of carbonyl (C=O) groups excluding carboxylic acids is 1. The largest absolute Gasteiger partial charge is 0.444 e. The average molecular weight is 228 g/mol. The fourth-order valence-corrected chi connectivity index (χ4v) is 2.04. The molecule has 94 valence electrons. The molecule has 4 nitrogen and oxygen atoms in total. The first-order chi connectivity index (χ1) is 7.33. The van der Waals surface area contributed by atoms with Gasteiger partial charge in [0.2, 0.25) is 0 Å². The molecule has 1 rings (SSSR count). The average Bonchev–Trinajstić information content (AvgIpc) is 2.15. The number of nitrogens with zero attached hydrogens (tertiary/aromatic N) is 1. The highest BCUT2D eigenvalue weighted by Gasteiger charge is 2.30. The van der Waals surface area contributed by atoms with E-state index in [2.05, 4.69) is 6.92 Å². The van der Waals surface area contributed by atoms with E-state index in [1.54, 1.807) is 4.90 Å². The third-order valence-corrected chi connectivity index (χ3v) is 3.04. The molecule has 1 aliphatic rings. The molecule has 1 amide bonds.